The summed E-state index contributed by atoms with van der Waals surface area (Å²) in [6, 6.07) is 9.64. The maximum absolute atomic E-state index is 13.4. The van der Waals surface area contributed by atoms with Crippen LogP contribution in [0, 0.1) is 5.82 Å². The Morgan fingerprint density at radius 3 is 2.81 bits per heavy atom. The van der Waals surface area contributed by atoms with Gasteiger partial charge in [0.15, 0.2) is 0 Å². The molecule has 2 aromatic rings. The zero-order valence-electron chi connectivity index (χ0n) is 11.3. The highest BCUT2D eigenvalue weighted by Gasteiger charge is 2.25. The van der Waals surface area contributed by atoms with Crippen LogP contribution in [0.15, 0.2) is 36.4 Å². The first-order chi connectivity index (χ1) is 10.0. The van der Waals surface area contributed by atoms with Crippen LogP contribution < -0.4 is 10.6 Å². The first-order valence-electron chi connectivity index (χ1n) is 6.67. The van der Waals surface area contributed by atoms with Gasteiger partial charge in [0.05, 0.1) is 6.54 Å². The number of benzene rings is 2. The average molecular weight is 305 g/mol. The van der Waals surface area contributed by atoms with Crippen LogP contribution in [0.25, 0.3) is 0 Å². The number of rotatable bonds is 2. The van der Waals surface area contributed by atoms with Crippen molar-refractivity contribution in [1.29, 1.82) is 0 Å². The molecule has 5 heteroatoms. The van der Waals surface area contributed by atoms with Gasteiger partial charge in [0.25, 0.3) is 0 Å². The Balaban J connectivity index is 1.98. The minimum Gasteiger partial charge on any atom is -0.399 e. The van der Waals surface area contributed by atoms with Crippen molar-refractivity contribution in [2.24, 2.45) is 0 Å². The third kappa shape index (κ3) is 2.72. The zero-order chi connectivity index (χ0) is 15.0. The highest BCUT2D eigenvalue weighted by Crippen LogP contribution is 2.32. The van der Waals surface area contributed by atoms with E-state index in [0.29, 0.717) is 29.1 Å². The van der Waals surface area contributed by atoms with Crippen LogP contribution in [-0.4, -0.2) is 5.91 Å². The summed E-state index contributed by atoms with van der Waals surface area (Å²) in [5.41, 5.74) is 8.90. The topological polar surface area (TPSA) is 46.3 Å². The van der Waals surface area contributed by atoms with Crippen molar-refractivity contribution >= 4 is 28.9 Å². The fourth-order valence-corrected chi connectivity index (χ4v) is 2.77. The van der Waals surface area contributed by atoms with E-state index in [-0.39, 0.29) is 18.3 Å². The number of nitrogens with two attached hydrogens (primary N) is 1. The average Bonchev–Trinajstić information content (AvgIpc) is 2.45. The molecule has 0 aromatic heterocycles. The third-order valence-electron chi connectivity index (χ3n) is 3.64. The molecule has 2 N–H and O–H groups in total. The Hall–Kier alpha value is -2.07. The molecule has 1 aliphatic rings. The fourth-order valence-electron chi connectivity index (χ4n) is 2.59. The predicted octanol–water partition coefficient (Wildman–Crippen LogP) is 3.54. The van der Waals surface area contributed by atoms with Crippen molar-refractivity contribution < 1.29 is 9.18 Å². The third-order valence-corrected chi connectivity index (χ3v) is 4.01. The maximum atomic E-state index is 13.4. The number of halogens is 2. The molecule has 1 amide bonds. The summed E-state index contributed by atoms with van der Waals surface area (Å²) in [5, 5.41) is 0.451. The van der Waals surface area contributed by atoms with Crippen molar-refractivity contribution in [1.82, 2.24) is 0 Å². The van der Waals surface area contributed by atoms with Crippen LogP contribution >= 0.6 is 11.6 Å². The number of carbonyl (C=O) groups excluding carboxylic acids is 1. The van der Waals surface area contributed by atoms with E-state index in [1.807, 2.05) is 12.1 Å². The molecule has 21 heavy (non-hydrogen) atoms. The minimum absolute atomic E-state index is 0.00704. The molecule has 1 heterocycles. The Morgan fingerprint density at radius 2 is 2.00 bits per heavy atom. The van der Waals surface area contributed by atoms with Gasteiger partial charge < -0.3 is 10.6 Å². The van der Waals surface area contributed by atoms with Crippen molar-refractivity contribution in [3.63, 3.8) is 0 Å². The van der Waals surface area contributed by atoms with E-state index in [0.717, 1.165) is 11.3 Å². The number of anilines is 2. The molecule has 0 fully saturated rings. The number of aryl methyl sites for hydroxylation is 1. The molecule has 0 atom stereocenters. The number of hydrogen-bond donors (Lipinski definition) is 1. The van der Waals surface area contributed by atoms with Crippen LogP contribution in [0.1, 0.15) is 17.5 Å². The fraction of sp³-hybridized carbons (Fsp3) is 0.188. The van der Waals surface area contributed by atoms with Crippen LogP contribution in [0.5, 0.6) is 0 Å². The van der Waals surface area contributed by atoms with Crippen LogP contribution in [0.2, 0.25) is 5.02 Å². The lowest BCUT2D eigenvalue weighted by Gasteiger charge is -2.30. The molecule has 0 aliphatic carbocycles. The highest BCUT2D eigenvalue weighted by atomic mass is 35.5. The molecule has 0 saturated heterocycles. The van der Waals surface area contributed by atoms with Crippen molar-refractivity contribution in [3.05, 3.63) is 58.4 Å². The molecular weight excluding hydrogens is 291 g/mol. The van der Waals surface area contributed by atoms with E-state index < -0.39 is 0 Å². The smallest absolute Gasteiger partial charge is 0.227 e. The number of carbonyl (C=O) groups is 1. The van der Waals surface area contributed by atoms with E-state index in [1.54, 1.807) is 11.0 Å². The van der Waals surface area contributed by atoms with Gasteiger partial charge in [-0.05, 0) is 53.9 Å². The molecule has 3 nitrogen and oxygen atoms in total. The highest BCUT2D eigenvalue weighted by molar-refractivity contribution is 6.31. The van der Waals surface area contributed by atoms with Gasteiger partial charge in [-0.2, -0.15) is 0 Å². The number of hydrogen-bond acceptors (Lipinski definition) is 2. The SMILES string of the molecule is Nc1ccc2c(c1)CCC(=O)N2Cc1cc(F)ccc1Cl. The predicted molar refractivity (Wildman–Crippen MR) is 81.8 cm³/mol. The van der Waals surface area contributed by atoms with E-state index in [4.69, 9.17) is 17.3 Å². The second kappa shape index (κ2) is 5.37. The van der Waals surface area contributed by atoms with Gasteiger partial charge in [-0.3, -0.25) is 4.79 Å². The quantitative estimate of drug-likeness (QED) is 0.863. The van der Waals surface area contributed by atoms with Crippen LogP contribution in [0.3, 0.4) is 0 Å². The van der Waals surface area contributed by atoms with Gasteiger partial charge in [-0.25, -0.2) is 4.39 Å². The second-order valence-electron chi connectivity index (χ2n) is 5.10. The largest absolute Gasteiger partial charge is 0.399 e. The summed E-state index contributed by atoms with van der Waals surface area (Å²) < 4.78 is 13.4. The van der Waals surface area contributed by atoms with E-state index >= 15 is 0 Å². The van der Waals surface area contributed by atoms with Gasteiger partial charge in [-0.1, -0.05) is 11.6 Å². The normalized spacial score (nSPS) is 14.2. The molecule has 0 radical (unpaired) electrons. The van der Waals surface area contributed by atoms with Crippen LogP contribution in [0.4, 0.5) is 15.8 Å². The summed E-state index contributed by atoms with van der Waals surface area (Å²) in [6.45, 7) is 0.256. The monoisotopic (exact) mass is 304 g/mol. The summed E-state index contributed by atoms with van der Waals surface area (Å²) in [7, 11) is 0. The first-order valence-corrected chi connectivity index (χ1v) is 7.05. The summed E-state index contributed by atoms with van der Waals surface area (Å²) in [5.74, 6) is -0.357. The molecule has 108 valence electrons. The van der Waals surface area contributed by atoms with E-state index in [1.165, 1.54) is 18.2 Å². The van der Waals surface area contributed by atoms with Gasteiger partial charge in [0, 0.05) is 22.8 Å². The molecule has 3 rings (SSSR count). The van der Waals surface area contributed by atoms with E-state index in [2.05, 4.69) is 0 Å². The Bertz CT molecular complexity index is 717. The van der Waals surface area contributed by atoms with Gasteiger partial charge in [-0.15, -0.1) is 0 Å². The summed E-state index contributed by atoms with van der Waals surface area (Å²) >= 11 is 6.09. The lowest BCUT2D eigenvalue weighted by Crippen LogP contribution is -2.34. The molecular formula is C16H14ClFN2O. The number of nitrogen functional groups attached to an aromatic ring is 1. The molecule has 0 spiro atoms. The minimum atomic E-state index is -0.364. The number of nitrogens with zero attached hydrogens (tertiary/aromatic N) is 1. The van der Waals surface area contributed by atoms with E-state index in [9.17, 15) is 9.18 Å². The Kier molecular flexibility index (Phi) is 3.55. The van der Waals surface area contributed by atoms with Gasteiger partial charge >= 0.3 is 0 Å². The summed E-state index contributed by atoms with van der Waals surface area (Å²) in [4.78, 5) is 13.8. The van der Waals surface area contributed by atoms with Crippen molar-refractivity contribution in [2.45, 2.75) is 19.4 Å². The Labute approximate surface area is 127 Å². The van der Waals surface area contributed by atoms with Gasteiger partial charge in [0.1, 0.15) is 5.82 Å². The van der Waals surface area contributed by atoms with Crippen molar-refractivity contribution in [2.75, 3.05) is 10.6 Å². The van der Waals surface area contributed by atoms with Crippen molar-refractivity contribution in [3.8, 4) is 0 Å². The van der Waals surface area contributed by atoms with Gasteiger partial charge in [0.2, 0.25) is 5.91 Å². The molecule has 0 bridgehead atoms. The molecule has 1 aliphatic heterocycles. The van der Waals surface area contributed by atoms with Crippen LogP contribution in [-0.2, 0) is 17.8 Å². The first kappa shape index (κ1) is 13.9. The second-order valence-corrected chi connectivity index (χ2v) is 5.51. The standard InChI is InChI=1S/C16H14ClFN2O/c17-14-4-2-12(18)7-11(14)9-20-15-5-3-13(19)8-10(15)1-6-16(20)21/h2-5,7-8H,1,6,9,19H2. The molecule has 0 saturated carbocycles. The number of amides is 1. The molecule has 2 aromatic carbocycles. The molecule has 0 unspecified atom stereocenters. The Morgan fingerprint density at radius 1 is 1.19 bits per heavy atom. The lowest BCUT2D eigenvalue weighted by molar-refractivity contribution is -0.119. The maximum Gasteiger partial charge on any atom is 0.227 e. The number of fused-ring (bicyclic) bond motifs is 1. The summed E-state index contributed by atoms with van der Waals surface area (Å²) in [6.07, 6.45) is 1.09. The zero-order valence-corrected chi connectivity index (χ0v) is 12.0. The lowest BCUT2D eigenvalue weighted by atomic mass is 9.99.